The highest BCUT2D eigenvalue weighted by molar-refractivity contribution is 6.09. The van der Waals surface area contributed by atoms with Gasteiger partial charge in [0, 0.05) is 35.4 Å². The second-order valence-corrected chi connectivity index (χ2v) is 15.8. The average molecular weight is 681 g/mol. The Bertz CT molecular complexity index is 2580. The molecule has 0 spiro atoms. The molecule has 0 N–H and O–H groups in total. The smallest absolute Gasteiger partial charge is 0.268 e. The average Bonchev–Trinajstić information content (AvgIpc) is 3.75. The lowest BCUT2D eigenvalue weighted by Crippen LogP contribution is -2.29. The van der Waals surface area contributed by atoms with Crippen LogP contribution >= 0.6 is 0 Å². The van der Waals surface area contributed by atoms with E-state index in [4.69, 9.17) is 9.72 Å². The van der Waals surface area contributed by atoms with Crippen molar-refractivity contribution in [1.82, 2.24) is 14.1 Å². The van der Waals surface area contributed by atoms with E-state index < -0.39 is 0 Å². The van der Waals surface area contributed by atoms with Crippen LogP contribution in [0.5, 0.6) is 11.5 Å². The first-order valence-corrected chi connectivity index (χ1v) is 18.0. The Labute approximate surface area is 306 Å². The topological polar surface area (TPSA) is 35.9 Å². The Morgan fingerprint density at radius 3 is 2.17 bits per heavy atom. The Kier molecular flexibility index (Phi) is 8.10. The molecule has 5 nitrogen and oxygen atoms in total. The molecule has 8 rings (SSSR count). The molecular weight excluding hydrogens is 637 g/mol. The van der Waals surface area contributed by atoms with Crippen LogP contribution in [0.15, 0.2) is 140 Å². The molecule has 0 aliphatic carbocycles. The summed E-state index contributed by atoms with van der Waals surface area (Å²) in [7, 11) is 0. The number of para-hydroxylation sites is 1. The van der Waals surface area contributed by atoms with Crippen LogP contribution in [0.4, 0.5) is 0 Å². The zero-order chi connectivity index (χ0) is 36.2. The highest BCUT2D eigenvalue weighted by Gasteiger charge is 2.20. The summed E-state index contributed by atoms with van der Waals surface area (Å²) in [4.78, 5) is 4.86. The minimum absolute atomic E-state index is 0.00193. The fraction of sp³-hybridized carbons (Fsp3) is 0.191. The van der Waals surface area contributed by atoms with Crippen molar-refractivity contribution in [2.45, 2.75) is 59.3 Å². The van der Waals surface area contributed by atoms with Crippen molar-refractivity contribution in [3.8, 4) is 39.8 Å². The molecule has 0 atom stereocenters. The van der Waals surface area contributed by atoms with Gasteiger partial charge in [0.2, 0.25) is 0 Å². The highest BCUT2D eigenvalue weighted by Crippen LogP contribution is 2.37. The summed E-state index contributed by atoms with van der Waals surface area (Å²) < 4.78 is 13.1. The van der Waals surface area contributed by atoms with Crippen LogP contribution in [0.25, 0.3) is 50.1 Å². The number of pyridine rings is 1. The minimum Gasteiger partial charge on any atom is -0.458 e. The molecule has 52 heavy (non-hydrogen) atoms. The molecule has 0 bridgehead atoms. The lowest BCUT2D eigenvalue weighted by molar-refractivity contribution is -0.599. The first-order valence-electron chi connectivity index (χ1n) is 18.0. The van der Waals surface area contributed by atoms with Gasteiger partial charge in [-0.2, -0.15) is 0 Å². The number of aromatic nitrogens is 4. The van der Waals surface area contributed by atoms with Gasteiger partial charge in [0.1, 0.15) is 17.3 Å². The molecule has 258 valence electrons. The van der Waals surface area contributed by atoms with Crippen molar-refractivity contribution in [2.75, 3.05) is 0 Å². The molecule has 0 radical (unpaired) electrons. The van der Waals surface area contributed by atoms with Crippen LogP contribution in [0, 0.1) is 13.3 Å². The predicted molar refractivity (Wildman–Crippen MR) is 212 cm³/mol. The Balaban J connectivity index is 1.19. The molecule has 0 unspecified atom stereocenters. The summed E-state index contributed by atoms with van der Waals surface area (Å²) in [6.45, 7) is 15.5. The molecule has 0 saturated heterocycles. The van der Waals surface area contributed by atoms with Gasteiger partial charge in [0.25, 0.3) is 6.33 Å². The van der Waals surface area contributed by atoms with Crippen molar-refractivity contribution in [2.24, 2.45) is 0 Å². The summed E-state index contributed by atoms with van der Waals surface area (Å²) >= 11 is 0. The van der Waals surface area contributed by atoms with Gasteiger partial charge in [-0.05, 0) is 100 Å². The van der Waals surface area contributed by atoms with E-state index in [-0.39, 0.29) is 10.8 Å². The third kappa shape index (κ3) is 6.28. The summed E-state index contributed by atoms with van der Waals surface area (Å²) in [5.41, 5.74) is 10.1. The number of fused-ring (bicyclic) bond motifs is 3. The van der Waals surface area contributed by atoms with Crippen molar-refractivity contribution in [3.05, 3.63) is 163 Å². The van der Waals surface area contributed by atoms with Gasteiger partial charge in [-0.15, -0.1) is 0 Å². The zero-order valence-corrected chi connectivity index (χ0v) is 31.0. The monoisotopic (exact) mass is 680 g/mol. The molecule has 0 aliphatic rings. The molecule has 5 aromatic carbocycles. The molecular formula is C47H44N4O. The number of hydrogen-bond acceptors (Lipinski definition) is 2. The normalized spacial score (nSPS) is 12.1. The number of benzene rings is 5. The van der Waals surface area contributed by atoms with Gasteiger partial charge < -0.3 is 4.74 Å². The SMILES string of the molecule is Cc1ccc(-c2ccccc2)cc1-[n+]1[c-]n(-c2cc(Oc3ccc4c5ccccc5n(-c5cc(C(C)(C)C)ccn5)c4c3)cc(C(C)(C)C)c2)cc1. The summed E-state index contributed by atoms with van der Waals surface area (Å²) in [6, 6.07) is 42.8. The number of nitrogens with zero attached hydrogens (tertiary/aromatic N) is 4. The predicted octanol–water partition coefficient (Wildman–Crippen LogP) is 11.4. The molecule has 0 saturated carbocycles. The number of rotatable bonds is 6. The molecule has 0 aliphatic heterocycles. The first kappa shape index (κ1) is 33.2. The fourth-order valence-corrected chi connectivity index (χ4v) is 6.89. The third-order valence-corrected chi connectivity index (χ3v) is 9.91. The van der Waals surface area contributed by atoms with Gasteiger partial charge >= 0.3 is 0 Å². The lowest BCUT2D eigenvalue weighted by atomic mass is 9.86. The van der Waals surface area contributed by atoms with E-state index in [0.29, 0.717) is 0 Å². The minimum atomic E-state index is -0.0992. The Hall–Kier alpha value is -5.94. The summed E-state index contributed by atoms with van der Waals surface area (Å²) in [5, 5.41) is 2.35. The largest absolute Gasteiger partial charge is 0.458 e. The second kappa shape index (κ2) is 12.7. The summed E-state index contributed by atoms with van der Waals surface area (Å²) in [5.74, 6) is 2.43. The van der Waals surface area contributed by atoms with E-state index in [0.717, 1.165) is 45.1 Å². The maximum Gasteiger partial charge on any atom is 0.268 e. The maximum atomic E-state index is 6.76. The number of aryl methyl sites for hydroxylation is 1. The lowest BCUT2D eigenvalue weighted by Gasteiger charge is -2.22. The Morgan fingerprint density at radius 1 is 0.635 bits per heavy atom. The number of imidazole rings is 1. The standard InChI is InChI=1S/C47H44N4O/c1-32-17-18-34(33-13-9-8-10-14-33)25-43(32)50-24-23-49(31-50)37-26-36(47(5,6)7)27-39(29-37)52-38-19-20-41-40-15-11-12-16-42(40)51(44(41)30-38)45-28-35(21-22-48-45)46(2,3)4/h8-30H,1-7H3. The van der Waals surface area contributed by atoms with Crippen LogP contribution in [0.3, 0.4) is 0 Å². The van der Waals surface area contributed by atoms with Crippen LogP contribution in [-0.2, 0) is 10.8 Å². The maximum absolute atomic E-state index is 6.76. The van der Waals surface area contributed by atoms with Crippen LogP contribution in [0.2, 0.25) is 0 Å². The molecule has 0 amide bonds. The van der Waals surface area contributed by atoms with E-state index in [2.05, 4.69) is 192 Å². The second-order valence-electron chi connectivity index (χ2n) is 15.8. The molecule has 8 aromatic rings. The van der Waals surface area contributed by atoms with Crippen LogP contribution in [-0.4, -0.2) is 14.1 Å². The van der Waals surface area contributed by atoms with E-state index >= 15 is 0 Å². The fourth-order valence-electron chi connectivity index (χ4n) is 6.89. The van der Waals surface area contributed by atoms with Gasteiger partial charge in [-0.1, -0.05) is 102 Å². The van der Waals surface area contributed by atoms with Gasteiger partial charge in [0.05, 0.1) is 22.4 Å². The van der Waals surface area contributed by atoms with Crippen molar-refractivity contribution < 1.29 is 9.30 Å². The third-order valence-electron chi connectivity index (χ3n) is 9.91. The Morgan fingerprint density at radius 2 is 1.38 bits per heavy atom. The highest BCUT2D eigenvalue weighted by atomic mass is 16.5. The number of ether oxygens (including phenoxy) is 1. The van der Waals surface area contributed by atoms with Crippen LogP contribution in [0.1, 0.15) is 58.2 Å². The van der Waals surface area contributed by atoms with Gasteiger partial charge in [-0.25, -0.2) is 4.98 Å². The van der Waals surface area contributed by atoms with Gasteiger partial charge in [-0.3, -0.25) is 13.7 Å². The van der Waals surface area contributed by atoms with E-state index in [9.17, 15) is 0 Å². The zero-order valence-electron chi connectivity index (χ0n) is 31.0. The molecule has 3 aromatic heterocycles. The molecule has 0 fully saturated rings. The van der Waals surface area contributed by atoms with E-state index in [1.807, 2.05) is 16.8 Å². The first-order chi connectivity index (χ1) is 24.9. The molecule has 5 heteroatoms. The molecule has 3 heterocycles. The van der Waals surface area contributed by atoms with E-state index in [1.54, 1.807) is 0 Å². The van der Waals surface area contributed by atoms with Crippen molar-refractivity contribution in [3.63, 3.8) is 0 Å². The summed E-state index contributed by atoms with van der Waals surface area (Å²) in [6.07, 6.45) is 9.62. The quantitative estimate of drug-likeness (QED) is 0.129. The van der Waals surface area contributed by atoms with Gasteiger partial charge in [0.15, 0.2) is 0 Å². The number of hydrogen-bond donors (Lipinski definition) is 0. The van der Waals surface area contributed by atoms with E-state index in [1.165, 1.54) is 33.2 Å². The van der Waals surface area contributed by atoms with Crippen LogP contribution < -0.4 is 9.30 Å². The van der Waals surface area contributed by atoms with Crippen molar-refractivity contribution in [1.29, 1.82) is 0 Å². The van der Waals surface area contributed by atoms with Crippen molar-refractivity contribution >= 4 is 21.8 Å².